The third-order valence-electron chi connectivity index (χ3n) is 7.01. The summed E-state index contributed by atoms with van der Waals surface area (Å²) in [5.41, 5.74) is 7.44. The normalized spacial score (nSPS) is 14.1. The number of carbonyl (C=O) groups excluding carboxylic acids is 1. The number of nitrogens with zero attached hydrogens (tertiary/aromatic N) is 4. The van der Waals surface area contributed by atoms with E-state index in [1.165, 1.54) is 12.1 Å². The zero-order valence-electron chi connectivity index (χ0n) is 21.9. The average molecular weight is 533 g/mol. The molecule has 1 aliphatic heterocycles. The quantitative estimate of drug-likeness (QED) is 0.387. The van der Waals surface area contributed by atoms with Gasteiger partial charge in [-0.1, -0.05) is 19.1 Å². The fourth-order valence-corrected chi connectivity index (χ4v) is 4.83. The Hall–Kier alpha value is -4.18. The Morgan fingerprint density at radius 2 is 1.79 bits per heavy atom. The first kappa shape index (κ1) is 26.4. The first-order valence-electron chi connectivity index (χ1n) is 13.1. The number of fused-ring (bicyclic) bond motifs is 1. The lowest BCUT2D eigenvalue weighted by atomic mass is 9.99. The van der Waals surface area contributed by atoms with Crippen LogP contribution in [0.25, 0.3) is 28.0 Å². The summed E-state index contributed by atoms with van der Waals surface area (Å²) in [4.78, 5) is 37.4. The van der Waals surface area contributed by atoms with Gasteiger partial charge in [0.1, 0.15) is 17.3 Å². The minimum Gasteiger partial charge on any atom is -0.352 e. The Morgan fingerprint density at radius 3 is 2.49 bits per heavy atom. The zero-order valence-corrected chi connectivity index (χ0v) is 21.9. The van der Waals surface area contributed by atoms with Crippen LogP contribution in [0, 0.1) is 18.6 Å². The number of nitrogens with one attached hydrogen (secondary N) is 1. The molecule has 0 atom stereocenters. The summed E-state index contributed by atoms with van der Waals surface area (Å²) < 4.78 is 30.9. The lowest BCUT2D eigenvalue weighted by Gasteiger charge is -2.30. The van der Waals surface area contributed by atoms with E-state index in [-0.39, 0.29) is 17.6 Å². The molecule has 3 heterocycles. The molecule has 1 saturated heterocycles. The molecule has 0 spiro atoms. The van der Waals surface area contributed by atoms with E-state index in [9.17, 15) is 18.4 Å². The van der Waals surface area contributed by atoms with Gasteiger partial charge in [-0.2, -0.15) is 4.98 Å². The highest BCUT2D eigenvalue weighted by Gasteiger charge is 2.24. The molecular formula is C29H30F2N6O2. The topological polar surface area (TPSA) is 106 Å². The van der Waals surface area contributed by atoms with Gasteiger partial charge in [-0.3, -0.25) is 14.2 Å². The Bertz CT molecular complexity index is 1590. The molecule has 0 radical (unpaired) electrons. The van der Waals surface area contributed by atoms with Crippen LogP contribution in [0.4, 0.5) is 14.7 Å². The number of nitrogens with two attached hydrogens (primary N) is 1. The maximum Gasteiger partial charge on any atom is 0.256 e. The predicted molar refractivity (Wildman–Crippen MR) is 147 cm³/mol. The van der Waals surface area contributed by atoms with Crippen molar-refractivity contribution in [3.63, 3.8) is 0 Å². The summed E-state index contributed by atoms with van der Waals surface area (Å²) in [5, 5.41) is 3.30. The molecule has 3 N–H and O–H groups in total. The SMILES string of the molecule is CCCNC(=O)c1ccc(C)c(-c2nc(N3CCC(N)CC3)nc3c2ccc(=O)n3-c2c(F)cccc2F)c1. The second-order valence-electron chi connectivity index (χ2n) is 9.80. The molecule has 2 aromatic carbocycles. The zero-order chi connectivity index (χ0) is 27.7. The smallest absolute Gasteiger partial charge is 0.256 e. The highest BCUT2D eigenvalue weighted by atomic mass is 19.1. The number of anilines is 1. The van der Waals surface area contributed by atoms with Crippen LogP contribution < -0.4 is 21.5 Å². The molecule has 2 aromatic heterocycles. The largest absolute Gasteiger partial charge is 0.352 e. The molecule has 0 unspecified atom stereocenters. The number of hydrogen-bond acceptors (Lipinski definition) is 6. The number of hydrogen-bond donors (Lipinski definition) is 2. The Balaban J connectivity index is 1.80. The van der Waals surface area contributed by atoms with E-state index < -0.39 is 22.9 Å². The number of aromatic nitrogens is 3. The molecule has 39 heavy (non-hydrogen) atoms. The molecular weight excluding hydrogens is 502 g/mol. The third kappa shape index (κ3) is 5.12. The van der Waals surface area contributed by atoms with Gasteiger partial charge in [0.05, 0.1) is 5.69 Å². The van der Waals surface area contributed by atoms with Gasteiger partial charge < -0.3 is 16.0 Å². The molecule has 1 aliphatic rings. The van der Waals surface area contributed by atoms with Crippen molar-refractivity contribution in [1.29, 1.82) is 0 Å². The lowest BCUT2D eigenvalue weighted by Crippen LogP contribution is -2.40. The fourth-order valence-electron chi connectivity index (χ4n) is 4.83. The summed E-state index contributed by atoms with van der Waals surface area (Å²) >= 11 is 0. The minimum atomic E-state index is -0.888. The molecule has 1 fully saturated rings. The maximum absolute atomic E-state index is 15.0. The lowest BCUT2D eigenvalue weighted by molar-refractivity contribution is 0.0953. The maximum atomic E-state index is 15.0. The van der Waals surface area contributed by atoms with Crippen LogP contribution in [0.3, 0.4) is 0 Å². The molecule has 0 bridgehead atoms. The van der Waals surface area contributed by atoms with Crippen LogP contribution in [0.2, 0.25) is 0 Å². The number of benzene rings is 2. The van der Waals surface area contributed by atoms with Crippen LogP contribution in [-0.2, 0) is 0 Å². The number of rotatable bonds is 6. The number of pyridine rings is 1. The van der Waals surface area contributed by atoms with E-state index in [1.807, 2.05) is 24.8 Å². The van der Waals surface area contributed by atoms with Crippen LogP contribution >= 0.6 is 0 Å². The standard InChI is InChI=1S/C29H30F2N6O2/c1-3-13-33-28(39)18-8-7-17(2)21(16-18)25-20-9-10-24(38)37(26-22(30)5-4-6-23(26)31)27(20)35-29(34-25)36-14-11-19(32)12-15-36/h4-10,16,19H,3,11-15,32H2,1-2H3,(H,33,39). The highest BCUT2D eigenvalue weighted by molar-refractivity contribution is 5.98. The van der Waals surface area contributed by atoms with Gasteiger partial charge in [0.15, 0.2) is 5.65 Å². The van der Waals surface area contributed by atoms with Gasteiger partial charge in [-0.15, -0.1) is 0 Å². The first-order chi connectivity index (χ1) is 18.8. The molecule has 0 saturated carbocycles. The first-order valence-corrected chi connectivity index (χ1v) is 13.1. The minimum absolute atomic E-state index is 0.0624. The highest BCUT2D eigenvalue weighted by Crippen LogP contribution is 2.33. The Kier molecular flexibility index (Phi) is 7.38. The summed E-state index contributed by atoms with van der Waals surface area (Å²) in [6.45, 7) is 5.59. The van der Waals surface area contributed by atoms with Gasteiger partial charge in [-0.25, -0.2) is 13.8 Å². The van der Waals surface area contributed by atoms with Crippen molar-refractivity contribution in [2.45, 2.75) is 39.2 Å². The van der Waals surface area contributed by atoms with E-state index in [0.717, 1.165) is 41.5 Å². The van der Waals surface area contributed by atoms with Crippen LogP contribution in [0.5, 0.6) is 0 Å². The van der Waals surface area contributed by atoms with Crippen molar-refractivity contribution >= 4 is 22.9 Å². The second-order valence-corrected chi connectivity index (χ2v) is 9.80. The third-order valence-corrected chi connectivity index (χ3v) is 7.01. The summed E-state index contributed by atoms with van der Waals surface area (Å²) in [6, 6.07) is 11.6. The van der Waals surface area contributed by atoms with E-state index in [1.54, 1.807) is 18.2 Å². The molecule has 4 aromatic rings. The molecule has 1 amide bonds. The van der Waals surface area contributed by atoms with Crippen molar-refractivity contribution in [2.75, 3.05) is 24.5 Å². The summed E-state index contributed by atoms with van der Waals surface area (Å²) in [6.07, 6.45) is 2.26. The van der Waals surface area contributed by atoms with Crippen molar-refractivity contribution in [1.82, 2.24) is 19.9 Å². The van der Waals surface area contributed by atoms with Crippen molar-refractivity contribution in [3.8, 4) is 16.9 Å². The van der Waals surface area contributed by atoms with E-state index in [2.05, 4.69) is 10.3 Å². The van der Waals surface area contributed by atoms with Crippen LogP contribution in [-0.4, -0.2) is 46.1 Å². The van der Waals surface area contributed by atoms with E-state index >= 15 is 0 Å². The van der Waals surface area contributed by atoms with Crippen LogP contribution in [0.15, 0.2) is 53.3 Å². The molecule has 5 rings (SSSR count). The average Bonchev–Trinajstić information content (AvgIpc) is 2.92. The number of para-hydroxylation sites is 1. The van der Waals surface area contributed by atoms with Gasteiger partial charge in [0.2, 0.25) is 5.95 Å². The van der Waals surface area contributed by atoms with Gasteiger partial charge >= 0.3 is 0 Å². The number of carbonyl (C=O) groups is 1. The number of aryl methyl sites for hydroxylation is 1. The van der Waals surface area contributed by atoms with E-state index in [0.29, 0.717) is 47.8 Å². The second kappa shape index (κ2) is 10.9. The van der Waals surface area contributed by atoms with Crippen molar-refractivity contribution in [2.24, 2.45) is 5.73 Å². The fraction of sp³-hybridized carbons (Fsp3) is 0.310. The van der Waals surface area contributed by atoms with E-state index in [4.69, 9.17) is 10.7 Å². The van der Waals surface area contributed by atoms with Gasteiger partial charge in [0.25, 0.3) is 11.5 Å². The number of piperidine rings is 1. The monoisotopic (exact) mass is 532 g/mol. The van der Waals surface area contributed by atoms with Crippen molar-refractivity contribution in [3.05, 3.63) is 81.6 Å². The number of halogens is 2. The number of amides is 1. The Morgan fingerprint density at radius 1 is 1.08 bits per heavy atom. The van der Waals surface area contributed by atoms with Crippen molar-refractivity contribution < 1.29 is 13.6 Å². The van der Waals surface area contributed by atoms with Gasteiger partial charge in [0, 0.05) is 48.3 Å². The molecule has 0 aliphatic carbocycles. The molecule has 202 valence electrons. The summed E-state index contributed by atoms with van der Waals surface area (Å²) in [7, 11) is 0. The van der Waals surface area contributed by atoms with Gasteiger partial charge in [-0.05, 0) is 62.1 Å². The summed E-state index contributed by atoms with van der Waals surface area (Å²) in [5.74, 6) is -1.67. The molecule has 8 nitrogen and oxygen atoms in total. The predicted octanol–water partition coefficient (Wildman–Crippen LogP) is 4.10. The molecule has 10 heteroatoms. The Labute approximate surface area is 224 Å². The van der Waals surface area contributed by atoms with Crippen LogP contribution in [0.1, 0.15) is 42.1 Å².